The van der Waals surface area contributed by atoms with Gasteiger partial charge < -0.3 is 15.6 Å². The van der Waals surface area contributed by atoms with Crippen LogP contribution in [0.4, 0.5) is 5.13 Å². The summed E-state index contributed by atoms with van der Waals surface area (Å²) in [6, 6.07) is 7.12. The minimum absolute atomic E-state index is 0.378. The van der Waals surface area contributed by atoms with Gasteiger partial charge in [0, 0.05) is 10.9 Å². The normalized spacial score (nSPS) is 10.1. The van der Waals surface area contributed by atoms with E-state index in [4.69, 9.17) is 15.6 Å². The summed E-state index contributed by atoms with van der Waals surface area (Å²) >= 11 is 1.33. The maximum absolute atomic E-state index is 10.5. The van der Waals surface area contributed by atoms with Gasteiger partial charge in [-0.15, -0.1) is 11.3 Å². The average Bonchev–Trinajstić information content (AvgIpc) is 2.73. The van der Waals surface area contributed by atoms with Crippen molar-refractivity contribution in [2.75, 3.05) is 12.3 Å². The molecule has 1 heterocycles. The summed E-state index contributed by atoms with van der Waals surface area (Å²) in [5.74, 6) is -0.530. The molecule has 0 atom stereocenters. The Kier molecular flexibility index (Phi) is 3.24. The summed E-state index contributed by atoms with van der Waals surface area (Å²) in [6.45, 7) is -0.378. The van der Waals surface area contributed by atoms with E-state index < -0.39 is 5.97 Å². The fourth-order valence-corrected chi connectivity index (χ4v) is 1.92. The zero-order valence-electron chi connectivity index (χ0n) is 8.79. The zero-order valence-corrected chi connectivity index (χ0v) is 9.61. The van der Waals surface area contributed by atoms with Gasteiger partial charge in [-0.25, -0.2) is 9.78 Å². The first-order valence-electron chi connectivity index (χ1n) is 4.82. The van der Waals surface area contributed by atoms with Crippen LogP contribution >= 0.6 is 11.3 Å². The lowest BCUT2D eigenvalue weighted by Crippen LogP contribution is -2.09. The first-order chi connectivity index (χ1) is 8.16. The molecule has 88 valence electrons. The minimum Gasteiger partial charge on any atom is -0.481 e. The molecule has 1 aromatic carbocycles. The number of hydrogen-bond donors (Lipinski definition) is 2. The van der Waals surface area contributed by atoms with Crippen molar-refractivity contribution in [3.63, 3.8) is 0 Å². The Labute approximate surface area is 101 Å². The van der Waals surface area contributed by atoms with E-state index in [9.17, 15) is 4.79 Å². The van der Waals surface area contributed by atoms with E-state index in [1.165, 1.54) is 11.3 Å². The molecular weight excluding hydrogens is 240 g/mol. The molecule has 6 heteroatoms. The monoisotopic (exact) mass is 250 g/mol. The Morgan fingerprint density at radius 2 is 2.24 bits per heavy atom. The molecule has 5 nitrogen and oxygen atoms in total. The molecular formula is C11H10N2O3S. The number of para-hydroxylation sites is 1. The number of hydrogen-bond acceptors (Lipinski definition) is 5. The van der Waals surface area contributed by atoms with Gasteiger partial charge in [0.05, 0.1) is 5.69 Å². The van der Waals surface area contributed by atoms with Crippen molar-refractivity contribution in [3.05, 3.63) is 29.6 Å². The van der Waals surface area contributed by atoms with Crippen LogP contribution in [-0.2, 0) is 4.79 Å². The number of carboxylic acid groups (broad SMARTS) is 1. The molecule has 3 N–H and O–H groups in total. The molecule has 0 unspecified atom stereocenters. The van der Waals surface area contributed by atoms with Crippen molar-refractivity contribution in [1.82, 2.24) is 4.98 Å². The summed E-state index contributed by atoms with van der Waals surface area (Å²) < 4.78 is 5.19. The number of benzene rings is 1. The molecule has 0 amide bonds. The third kappa shape index (κ3) is 2.73. The Hall–Kier alpha value is -2.08. The highest BCUT2D eigenvalue weighted by atomic mass is 32.1. The van der Waals surface area contributed by atoms with E-state index in [2.05, 4.69) is 4.98 Å². The Morgan fingerprint density at radius 1 is 1.47 bits per heavy atom. The molecule has 0 aliphatic rings. The van der Waals surface area contributed by atoms with Crippen LogP contribution < -0.4 is 10.5 Å². The fourth-order valence-electron chi connectivity index (χ4n) is 1.35. The van der Waals surface area contributed by atoms with Crippen LogP contribution in [0.25, 0.3) is 11.3 Å². The number of aliphatic carboxylic acids is 1. The van der Waals surface area contributed by atoms with Crippen LogP contribution in [0.15, 0.2) is 29.6 Å². The van der Waals surface area contributed by atoms with Crippen molar-refractivity contribution in [3.8, 4) is 17.0 Å². The molecule has 1 aromatic heterocycles. The predicted molar refractivity (Wildman–Crippen MR) is 65.1 cm³/mol. The molecule has 0 spiro atoms. The second kappa shape index (κ2) is 4.84. The molecule has 0 saturated carbocycles. The smallest absolute Gasteiger partial charge is 0.341 e. The molecule has 17 heavy (non-hydrogen) atoms. The number of anilines is 1. The highest BCUT2D eigenvalue weighted by molar-refractivity contribution is 7.13. The van der Waals surface area contributed by atoms with Crippen molar-refractivity contribution in [1.29, 1.82) is 0 Å². The van der Waals surface area contributed by atoms with Gasteiger partial charge >= 0.3 is 5.97 Å². The SMILES string of the molecule is Nc1nc(-c2ccccc2OCC(=O)O)cs1. The molecule has 2 rings (SSSR count). The van der Waals surface area contributed by atoms with Gasteiger partial charge in [-0.05, 0) is 12.1 Å². The highest BCUT2D eigenvalue weighted by Gasteiger charge is 2.09. The second-order valence-corrected chi connectivity index (χ2v) is 4.14. The number of carboxylic acids is 1. The van der Waals surface area contributed by atoms with E-state index >= 15 is 0 Å². The number of rotatable bonds is 4. The molecule has 0 radical (unpaired) electrons. The van der Waals surface area contributed by atoms with Crippen molar-refractivity contribution >= 4 is 22.4 Å². The van der Waals surface area contributed by atoms with Crippen LogP contribution in [0.3, 0.4) is 0 Å². The first-order valence-corrected chi connectivity index (χ1v) is 5.70. The van der Waals surface area contributed by atoms with Gasteiger partial charge in [0.1, 0.15) is 5.75 Å². The summed E-state index contributed by atoms with van der Waals surface area (Å²) in [6.07, 6.45) is 0. The van der Waals surface area contributed by atoms with E-state index in [1.807, 2.05) is 12.1 Å². The summed E-state index contributed by atoms with van der Waals surface area (Å²) in [7, 11) is 0. The van der Waals surface area contributed by atoms with Crippen LogP contribution in [0, 0.1) is 0 Å². The molecule has 2 aromatic rings. The standard InChI is InChI=1S/C11H10N2O3S/c12-11-13-8(6-17-11)7-3-1-2-4-9(7)16-5-10(14)15/h1-4,6H,5H2,(H2,12,13)(H,14,15). The third-order valence-corrected chi connectivity index (χ3v) is 2.71. The second-order valence-electron chi connectivity index (χ2n) is 3.25. The van der Waals surface area contributed by atoms with E-state index in [1.54, 1.807) is 17.5 Å². The number of ether oxygens (including phenoxy) is 1. The molecule has 0 fully saturated rings. The summed E-state index contributed by atoms with van der Waals surface area (Å²) in [5.41, 5.74) is 6.99. The van der Waals surface area contributed by atoms with Crippen LogP contribution in [-0.4, -0.2) is 22.7 Å². The molecule has 0 bridgehead atoms. The van der Waals surface area contributed by atoms with Crippen LogP contribution in [0.5, 0.6) is 5.75 Å². The predicted octanol–water partition coefficient (Wildman–Crippen LogP) is 1.86. The van der Waals surface area contributed by atoms with Crippen molar-refractivity contribution in [2.24, 2.45) is 0 Å². The number of carbonyl (C=O) groups is 1. The maximum Gasteiger partial charge on any atom is 0.341 e. The molecule has 0 saturated heterocycles. The van der Waals surface area contributed by atoms with E-state index in [0.717, 1.165) is 5.56 Å². The zero-order chi connectivity index (χ0) is 12.3. The topological polar surface area (TPSA) is 85.4 Å². The van der Waals surface area contributed by atoms with Gasteiger partial charge in [-0.2, -0.15) is 0 Å². The Bertz CT molecular complexity index is 539. The van der Waals surface area contributed by atoms with Crippen LogP contribution in [0.2, 0.25) is 0 Å². The lowest BCUT2D eigenvalue weighted by Gasteiger charge is -2.07. The Balaban J connectivity index is 2.30. The summed E-state index contributed by atoms with van der Waals surface area (Å²) in [4.78, 5) is 14.6. The summed E-state index contributed by atoms with van der Waals surface area (Å²) in [5, 5.41) is 10.9. The van der Waals surface area contributed by atoms with Gasteiger partial charge in [0.25, 0.3) is 0 Å². The number of nitrogens with two attached hydrogens (primary N) is 1. The average molecular weight is 250 g/mol. The van der Waals surface area contributed by atoms with Gasteiger partial charge in [-0.1, -0.05) is 12.1 Å². The fraction of sp³-hybridized carbons (Fsp3) is 0.0909. The van der Waals surface area contributed by atoms with Crippen molar-refractivity contribution < 1.29 is 14.6 Å². The first kappa shape index (κ1) is 11.4. The Morgan fingerprint density at radius 3 is 2.88 bits per heavy atom. The molecule has 0 aliphatic heterocycles. The van der Waals surface area contributed by atoms with E-state index in [0.29, 0.717) is 16.6 Å². The molecule has 0 aliphatic carbocycles. The maximum atomic E-state index is 10.5. The third-order valence-electron chi connectivity index (χ3n) is 2.04. The van der Waals surface area contributed by atoms with Gasteiger partial charge in [0.15, 0.2) is 11.7 Å². The highest BCUT2D eigenvalue weighted by Crippen LogP contribution is 2.31. The lowest BCUT2D eigenvalue weighted by atomic mass is 10.1. The van der Waals surface area contributed by atoms with Crippen LogP contribution in [0.1, 0.15) is 0 Å². The number of nitrogens with zero attached hydrogens (tertiary/aromatic N) is 1. The van der Waals surface area contributed by atoms with Gasteiger partial charge in [0.2, 0.25) is 0 Å². The minimum atomic E-state index is -1.02. The number of aromatic nitrogens is 1. The lowest BCUT2D eigenvalue weighted by molar-refractivity contribution is -0.139. The van der Waals surface area contributed by atoms with E-state index in [-0.39, 0.29) is 6.61 Å². The van der Waals surface area contributed by atoms with Crippen molar-refractivity contribution in [2.45, 2.75) is 0 Å². The number of thiazole rings is 1. The quantitative estimate of drug-likeness (QED) is 0.865. The number of nitrogen functional groups attached to an aromatic ring is 1. The van der Waals surface area contributed by atoms with Gasteiger partial charge in [-0.3, -0.25) is 0 Å². The largest absolute Gasteiger partial charge is 0.481 e.